The van der Waals surface area contributed by atoms with Gasteiger partial charge in [0.15, 0.2) is 0 Å². The van der Waals surface area contributed by atoms with Crippen LogP contribution in [0.1, 0.15) is 28.8 Å². The van der Waals surface area contributed by atoms with Crippen LogP contribution in [0.5, 0.6) is 5.75 Å². The molecule has 6 nitrogen and oxygen atoms in total. The van der Waals surface area contributed by atoms with Gasteiger partial charge in [0.1, 0.15) is 12.4 Å². The molecule has 0 unspecified atom stereocenters. The van der Waals surface area contributed by atoms with E-state index in [1.165, 1.54) is 4.31 Å². The Balaban J connectivity index is 1.47. The third-order valence-electron chi connectivity index (χ3n) is 4.50. The Labute approximate surface area is 160 Å². The molecule has 0 saturated carbocycles. The summed E-state index contributed by atoms with van der Waals surface area (Å²) in [6.45, 7) is 3.80. The quantitative estimate of drug-likeness (QED) is 0.740. The first-order valence-corrected chi connectivity index (χ1v) is 10.5. The van der Waals surface area contributed by atoms with Gasteiger partial charge in [0.05, 0.1) is 11.4 Å². The van der Waals surface area contributed by atoms with Crippen LogP contribution >= 0.6 is 0 Å². The molecule has 2 aromatic rings. The molecule has 1 amide bonds. The molecule has 0 spiro atoms. The maximum absolute atomic E-state index is 12.5. The summed E-state index contributed by atoms with van der Waals surface area (Å²) in [5, 5.41) is 2.79. The SMILES string of the molecule is Cc1ccc(C(=O)NCCOc2ccc(S(=O)(=O)N3CCCC3)cc2)cc1. The minimum Gasteiger partial charge on any atom is -0.492 e. The number of carbonyl (C=O) groups excluding carboxylic acids is 1. The van der Waals surface area contributed by atoms with Gasteiger partial charge in [-0.15, -0.1) is 0 Å². The number of hydrogen-bond donors (Lipinski definition) is 1. The number of rotatable bonds is 7. The molecule has 7 heteroatoms. The van der Waals surface area contributed by atoms with Gasteiger partial charge in [-0.05, 0) is 56.2 Å². The lowest BCUT2D eigenvalue weighted by atomic mass is 10.1. The van der Waals surface area contributed by atoms with Crippen LogP contribution < -0.4 is 10.1 Å². The number of ether oxygens (including phenoxy) is 1. The summed E-state index contributed by atoms with van der Waals surface area (Å²) in [5.74, 6) is 0.422. The van der Waals surface area contributed by atoms with Crippen molar-refractivity contribution in [2.45, 2.75) is 24.7 Å². The first kappa shape index (κ1) is 19.4. The second-order valence-electron chi connectivity index (χ2n) is 6.55. The van der Waals surface area contributed by atoms with E-state index in [4.69, 9.17) is 4.74 Å². The average molecular weight is 388 g/mol. The zero-order chi connectivity index (χ0) is 19.3. The van der Waals surface area contributed by atoms with Crippen LogP contribution in [0.2, 0.25) is 0 Å². The highest BCUT2D eigenvalue weighted by atomic mass is 32.2. The van der Waals surface area contributed by atoms with Crippen LogP contribution in [0, 0.1) is 6.92 Å². The van der Waals surface area contributed by atoms with Crippen molar-refractivity contribution in [1.82, 2.24) is 9.62 Å². The largest absolute Gasteiger partial charge is 0.492 e. The summed E-state index contributed by atoms with van der Waals surface area (Å²) in [6, 6.07) is 13.8. The zero-order valence-corrected chi connectivity index (χ0v) is 16.2. The van der Waals surface area contributed by atoms with E-state index in [1.807, 2.05) is 19.1 Å². The standard InChI is InChI=1S/C20H24N2O4S/c1-16-4-6-17(7-5-16)20(23)21-12-15-26-18-8-10-19(11-9-18)27(24,25)22-13-2-3-14-22/h4-11H,2-3,12-15H2,1H3,(H,21,23). The van der Waals surface area contributed by atoms with Gasteiger partial charge in [0.25, 0.3) is 5.91 Å². The predicted molar refractivity (Wildman–Crippen MR) is 103 cm³/mol. The molecule has 0 aliphatic carbocycles. The third kappa shape index (κ3) is 4.87. The highest BCUT2D eigenvalue weighted by Gasteiger charge is 2.26. The monoisotopic (exact) mass is 388 g/mol. The van der Waals surface area contributed by atoms with Gasteiger partial charge in [-0.25, -0.2) is 8.42 Å². The molecular formula is C20H24N2O4S. The first-order valence-electron chi connectivity index (χ1n) is 9.05. The Morgan fingerprint density at radius 1 is 1.04 bits per heavy atom. The third-order valence-corrected chi connectivity index (χ3v) is 6.41. The van der Waals surface area contributed by atoms with Gasteiger partial charge in [0.2, 0.25) is 10.0 Å². The van der Waals surface area contributed by atoms with E-state index >= 15 is 0 Å². The van der Waals surface area contributed by atoms with E-state index in [1.54, 1.807) is 36.4 Å². The van der Waals surface area contributed by atoms with E-state index in [2.05, 4.69) is 5.32 Å². The number of hydrogen-bond acceptors (Lipinski definition) is 4. The Morgan fingerprint density at radius 2 is 1.67 bits per heavy atom. The lowest BCUT2D eigenvalue weighted by Crippen LogP contribution is -2.28. The molecule has 1 aliphatic rings. The highest BCUT2D eigenvalue weighted by molar-refractivity contribution is 7.89. The van der Waals surface area contributed by atoms with Crippen molar-refractivity contribution < 1.29 is 17.9 Å². The summed E-state index contributed by atoms with van der Waals surface area (Å²) in [6.07, 6.45) is 1.82. The van der Waals surface area contributed by atoms with Crippen LogP contribution in [-0.4, -0.2) is 44.9 Å². The van der Waals surface area contributed by atoms with Crippen LogP contribution in [0.4, 0.5) is 0 Å². The molecule has 3 rings (SSSR count). The van der Waals surface area contributed by atoms with Crippen molar-refractivity contribution >= 4 is 15.9 Å². The summed E-state index contributed by atoms with van der Waals surface area (Å²) >= 11 is 0. The normalized spacial score (nSPS) is 14.9. The molecule has 27 heavy (non-hydrogen) atoms. The van der Waals surface area contributed by atoms with Gasteiger partial charge in [-0.2, -0.15) is 4.31 Å². The summed E-state index contributed by atoms with van der Waals surface area (Å²) in [5.41, 5.74) is 1.71. The van der Waals surface area contributed by atoms with Crippen molar-refractivity contribution in [3.8, 4) is 5.75 Å². The molecule has 1 aliphatic heterocycles. The van der Waals surface area contributed by atoms with E-state index < -0.39 is 10.0 Å². The van der Waals surface area contributed by atoms with Crippen LogP contribution in [0.3, 0.4) is 0 Å². The number of aryl methyl sites for hydroxylation is 1. The second kappa shape index (κ2) is 8.54. The molecule has 0 radical (unpaired) electrons. The van der Waals surface area contributed by atoms with Gasteiger partial charge in [0, 0.05) is 18.7 Å². The summed E-state index contributed by atoms with van der Waals surface area (Å²) in [7, 11) is -3.40. The number of sulfonamides is 1. The van der Waals surface area contributed by atoms with Crippen molar-refractivity contribution in [2.75, 3.05) is 26.2 Å². The van der Waals surface area contributed by atoms with Crippen LogP contribution in [0.15, 0.2) is 53.4 Å². The first-order chi connectivity index (χ1) is 13.0. The zero-order valence-electron chi connectivity index (χ0n) is 15.3. The van der Waals surface area contributed by atoms with E-state index in [0.29, 0.717) is 37.6 Å². The Bertz CT molecular complexity index is 871. The molecule has 0 aromatic heterocycles. The van der Waals surface area contributed by atoms with E-state index in [0.717, 1.165) is 18.4 Å². The van der Waals surface area contributed by atoms with E-state index in [-0.39, 0.29) is 10.8 Å². The Kier molecular flexibility index (Phi) is 6.13. The van der Waals surface area contributed by atoms with Crippen molar-refractivity contribution in [3.63, 3.8) is 0 Å². The molecule has 144 valence electrons. The van der Waals surface area contributed by atoms with E-state index in [9.17, 15) is 13.2 Å². The maximum atomic E-state index is 12.5. The lowest BCUT2D eigenvalue weighted by molar-refractivity contribution is 0.0947. The molecule has 1 fully saturated rings. The number of carbonyl (C=O) groups is 1. The second-order valence-corrected chi connectivity index (χ2v) is 8.49. The van der Waals surface area contributed by atoms with Crippen molar-refractivity contribution in [3.05, 3.63) is 59.7 Å². The molecule has 1 saturated heterocycles. The molecule has 1 heterocycles. The Hall–Kier alpha value is -2.38. The summed E-state index contributed by atoms with van der Waals surface area (Å²) < 4.78 is 32.0. The fourth-order valence-corrected chi connectivity index (χ4v) is 4.44. The molecule has 2 aromatic carbocycles. The maximum Gasteiger partial charge on any atom is 0.251 e. The van der Waals surface area contributed by atoms with Gasteiger partial charge >= 0.3 is 0 Å². The predicted octanol–water partition coefficient (Wildman–Crippen LogP) is 2.59. The van der Waals surface area contributed by atoms with Gasteiger partial charge in [-0.3, -0.25) is 4.79 Å². The number of nitrogens with one attached hydrogen (secondary N) is 1. The number of amides is 1. The smallest absolute Gasteiger partial charge is 0.251 e. The minimum absolute atomic E-state index is 0.148. The topological polar surface area (TPSA) is 75.7 Å². The number of nitrogens with zero attached hydrogens (tertiary/aromatic N) is 1. The van der Waals surface area contributed by atoms with Crippen molar-refractivity contribution in [2.24, 2.45) is 0 Å². The fraction of sp³-hybridized carbons (Fsp3) is 0.350. The van der Waals surface area contributed by atoms with Gasteiger partial charge in [-0.1, -0.05) is 17.7 Å². The summed E-state index contributed by atoms with van der Waals surface area (Å²) in [4.78, 5) is 12.3. The molecular weight excluding hydrogens is 364 g/mol. The minimum atomic E-state index is -3.40. The van der Waals surface area contributed by atoms with Crippen LogP contribution in [0.25, 0.3) is 0 Å². The highest BCUT2D eigenvalue weighted by Crippen LogP contribution is 2.22. The van der Waals surface area contributed by atoms with Crippen LogP contribution in [-0.2, 0) is 10.0 Å². The van der Waals surface area contributed by atoms with Gasteiger partial charge < -0.3 is 10.1 Å². The molecule has 1 N–H and O–H groups in total. The average Bonchev–Trinajstić information content (AvgIpc) is 3.22. The molecule has 0 bridgehead atoms. The fourth-order valence-electron chi connectivity index (χ4n) is 2.93. The van der Waals surface area contributed by atoms with Crippen molar-refractivity contribution in [1.29, 1.82) is 0 Å². The lowest BCUT2D eigenvalue weighted by Gasteiger charge is -2.15. The molecule has 0 atom stereocenters. The number of benzene rings is 2. The Morgan fingerprint density at radius 3 is 2.30 bits per heavy atom.